The molecule has 84 valence electrons. The first-order chi connectivity index (χ1) is 6.70. The molecule has 1 aliphatic heterocycles. The molecule has 14 heavy (non-hydrogen) atoms. The lowest BCUT2D eigenvalue weighted by Gasteiger charge is -2.35. The molecule has 0 aromatic rings. The van der Waals surface area contributed by atoms with Gasteiger partial charge in [-0.05, 0) is 19.4 Å². The fraction of sp³-hybridized carbons (Fsp3) is 1.00. The largest absolute Gasteiger partial charge is 0.380 e. The second kappa shape index (κ2) is 5.69. The van der Waals surface area contributed by atoms with Crippen molar-refractivity contribution in [1.82, 2.24) is 4.90 Å². The van der Waals surface area contributed by atoms with E-state index >= 15 is 0 Å². The number of hydrogen-bond acceptors (Lipinski definition) is 3. The van der Waals surface area contributed by atoms with E-state index in [0.717, 1.165) is 26.2 Å². The summed E-state index contributed by atoms with van der Waals surface area (Å²) in [4.78, 5) is 2.42. The van der Waals surface area contributed by atoms with Crippen LogP contribution in [0.15, 0.2) is 0 Å². The van der Waals surface area contributed by atoms with E-state index in [1.807, 2.05) is 0 Å². The van der Waals surface area contributed by atoms with Crippen molar-refractivity contribution in [3.8, 4) is 0 Å². The number of nitrogens with zero attached hydrogens (tertiary/aromatic N) is 1. The zero-order valence-electron chi connectivity index (χ0n) is 9.70. The molecule has 3 nitrogen and oxygen atoms in total. The number of ether oxygens (including phenoxy) is 1. The minimum absolute atomic E-state index is 0.506. The van der Waals surface area contributed by atoms with Crippen LogP contribution in [0.1, 0.15) is 26.7 Å². The molecule has 0 bridgehead atoms. The summed E-state index contributed by atoms with van der Waals surface area (Å²) >= 11 is 0. The molecule has 0 saturated carbocycles. The Hall–Kier alpha value is -0.120. The van der Waals surface area contributed by atoms with Gasteiger partial charge in [0.15, 0.2) is 0 Å². The Balaban J connectivity index is 2.49. The molecular formula is C11H24N2O. The summed E-state index contributed by atoms with van der Waals surface area (Å²) in [6.45, 7) is 7.05. The highest BCUT2D eigenvalue weighted by atomic mass is 16.5. The molecule has 1 saturated heterocycles. The predicted molar refractivity (Wildman–Crippen MR) is 59.3 cm³/mol. The predicted octanol–water partition coefficient (Wildman–Crippen LogP) is 1.08. The zero-order chi connectivity index (χ0) is 10.6. The van der Waals surface area contributed by atoms with Gasteiger partial charge in [0.2, 0.25) is 0 Å². The first-order valence-electron chi connectivity index (χ1n) is 5.70. The summed E-state index contributed by atoms with van der Waals surface area (Å²) in [5.41, 5.74) is 5.84. The Morgan fingerprint density at radius 3 is 2.71 bits per heavy atom. The zero-order valence-corrected chi connectivity index (χ0v) is 9.70. The van der Waals surface area contributed by atoms with E-state index in [0.29, 0.717) is 18.0 Å². The van der Waals surface area contributed by atoms with Crippen LogP contribution < -0.4 is 5.73 Å². The standard InChI is InChI=1S/C11H24N2O/c1-4-9(2)11(7-12)13(3)10-5-6-14-8-10/h9-11H,4-8,12H2,1-3H3. The van der Waals surface area contributed by atoms with E-state index in [-0.39, 0.29) is 0 Å². The van der Waals surface area contributed by atoms with Crippen LogP contribution in [-0.2, 0) is 4.74 Å². The average Bonchev–Trinajstić information content (AvgIpc) is 2.71. The third kappa shape index (κ3) is 2.69. The lowest BCUT2D eigenvalue weighted by atomic mass is 9.96. The Labute approximate surface area is 87.6 Å². The van der Waals surface area contributed by atoms with Gasteiger partial charge in [0, 0.05) is 25.2 Å². The highest BCUT2D eigenvalue weighted by Gasteiger charge is 2.27. The van der Waals surface area contributed by atoms with Gasteiger partial charge in [-0.2, -0.15) is 0 Å². The summed E-state index contributed by atoms with van der Waals surface area (Å²) < 4.78 is 5.40. The molecular weight excluding hydrogens is 176 g/mol. The van der Waals surface area contributed by atoms with E-state index in [2.05, 4.69) is 25.8 Å². The number of nitrogens with two attached hydrogens (primary N) is 1. The van der Waals surface area contributed by atoms with Crippen molar-refractivity contribution >= 4 is 0 Å². The first-order valence-corrected chi connectivity index (χ1v) is 5.70. The van der Waals surface area contributed by atoms with E-state index in [4.69, 9.17) is 10.5 Å². The van der Waals surface area contributed by atoms with Crippen LogP contribution >= 0.6 is 0 Å². The van der Waals surface area contributed by atoms with Crippen molar-refractivity contribution in [3.05, 3.63) is 0 Å². The number of hydrogen-bond donors (Lipinski definition) is 1. The fourth-order valence-corrected chi connectivity index (χ4v) is 2.19. The summed E-state index contributed by atoms with van der Waals surface area (Å²) in [5, 5.41) is 0. The fourth-order valence-electron chi connectivity index (χ4n) is 2.19. The molecule has 3 unspecified atom stereocenters. The molecule has 1 rings (SSSR count). The van der Waals surface area contributed by atoms with Crippen LogP contribution in [0.2, 0.25) is 0 Å². The Kier molecular flexibility index (Phi) is 4.85. The second-order valence-corrected chi connectivity index (χ2v) is 4.37. The summed E-state index contributed by atoms with van der Waals surface area (Å²) in [6.07, 6.45) is 2.35. The van der Waals surface area contributed by atoms with Gasteiger partial charge in [0.25, 0.3) is 0 Å². The van der Waals surface area contributed by atoms with E-state index in [1.165, 1.54) is 6.42 Å². The summed E-state index contributed by atoms with van der Waals surface area (Å²) in [7, 11) is 2.18. The third-order valence-corrected chi connectivity index (χ3v) is 3.55. The SMILES string of the molecule is CCC(C)C(CN)N(C)C1CCOC1. The molecule has 0 aliphatic carbocycles. The Bertz CT molecular complexity index is 157. The van der Waals surface area contributed by atoms with Crippen molar-refractivity contribution in [2.45, 2.75) is 38.8 Å². The maximum Gasteiger partial charge on any atom is 0.0622 e. The topological polar surface area (TPSA) is 38.5 Å². The third-order valence-electron chi connectivity index (χ3n) is 3.55. The monoisotopic (exact) mass is 200 g/mol. The molecule has 2 N–H and O–H groups in total. The van der Waals surface area contributed by atoms with E-state index in [9.17, 15) is 0 Å². The lowest BCUT2D eigenvalue weighted by Crippen LogP contribution is -2.47. The van der Waals surface area contributed by atoms with Gasteiger partial charge in [-0.1, -0.05) is 20.3 Å². The molecule has 3 atom stereocenters. The van der Waals surface area contributed by atoms with E-state index < -0.39 is 0 Å². The Morgan fingerprint density at radius 1 is 1.57 bits per heavy atom. The highest BCUT2D eigenvalue weighted by molar-refractivity contribution is 4.82. The van der Waals surface area contributed by atoms with Crippen molar-refractivity contribution in [2.24, 2.45) is 11.7 Å². The van der Waals surface area contributed by atoms with Gasteiger partial charge in [-0.3, -0.25) is 4.90 Å². The normalized spacial score (nSPS) is 26.8. The molecule has 1 aliphatic rings. The minimum atomic E-state index is 0.506. The smallest absolute Gasteiger partial charge is 0.0622 e. The van der Waals surface area contributed by atoms with Crippen molar-refractivity contribution < 1.29 is 4.74 Å². The van der Waals surface area contributed by atoms with Crippen LogP contribution in [-0.4, -0.2) is 43.8 Å². The molecule has 0 radical (unpaired) electrons. The van der Waals surface area contributed by atoms with Crippen LogP contribution in [0.25, 0.3) is 0 Å². The van der Waals surface area contributed by atoms with Crippen molar-refractivity contribution in [1.29, 1.82) is 0 Å². The van der Waals surface area contributed by atoms with Crippen LogP contribution in [0.3, 0.4) is 0 Å². The molecule has 3 heteroatoms. The number of likely N-dealkylation sites (N-methyl/N-ethyl adjacent to an activating group) is 1. The summed E-state index contributed by atoms with van der Waals surface area (Å²) in [6, 6.07) is 1.09. The number of rotatable bonds is 5. The van der Waals surface area contributed by atoms with Gasteiger partial charge in [0.1, 0.15) is 0 Å². The van der Waals surface area contributed by atoms with Crippen molar-refractivity contribution in [2.75, 3.05) is 26.8 Å². The molecule has 0 amide bonds. The minimum Gasteiger partial charge on any atom is -0.380 e. The van der Waals surface area contributed by atoms with Gasteiger partial charge >= 0.3 is 0 Å². The van der Waals surface area contributed by atoms with Crippen LogP contribution in [0.5, 0.6) is 0 Å². The maximum absolute atomic E-state index is 5.84. The van der Waals surface area contributed by atoms with Gasteiger partial charge < -0.3 is 10.5 Å². The van der Waals surface area contributed by atoms with E-state index in [1.54, 1.807) is 0 Å². The van der Waals surface area contributed by atoms with Crippen LogP contribution in [0, 0.1) is 5.92 Å². The maximum atomic E-state index is 5.84. The molecule has 1 heterocycles. The van der Waals surface area contributed by atoms with Crippen LogP contribution in [0.4, 0.5) is 0 Å². The first kappa shape index (κ1) is 12.0. The molecule has 1 fully saturated rings. The molecule has 0 spiro atoms. The Morgan fingerprint density at radius 2 is 2.29 bits per heavy atom. The summed E-state index contributed by atoms with van der Waals surface area (Å²) in [5.74, 6) is 0.672. The van der Waals surface area contributed by atoms with Crippen molar-refractivity contribution in [3.63, 3.8) is 0 Å². The second-order valence-electron chi connectivity index (χ2n) is 4.37. The van der Waals surface area contributed by atoms with Gasteiger partial charge in [-0.15, -0.1) is 0 Å². The van der Waals surface area contributed by atoms with Gasteiger partial charge in [0.05, 0.1) is 6.61 Å². The molecule has 0 aromatic heterocycles. The molecule has 0 aromatic carbocycles. The average molecular weight is 200 g/mol. The van der Waals surface area contributed by atoms with Gasteiger partial charge in [-0.25, -0.2) is 0 Å². The lowest BCUT2D eigenvalue weighted by molar-refractivity contribution is 0.109. The highest BCUT2D eigenvalue weighted by Crippen LogP contribution is 2.19. The quantitative estimate of drug-likeness (QED) is 0.722.